The third kappa shape index (κ3) is 9.50. The van der Waals surface area contributed by atoms with Crippen molar-refractivity contribution in [2.75, 3.05) is 19.8 Å². The molecule has 0 saturated carbocycles. The minimum Gasteiger partial charge on any atom is -0.502 e. The van der Waals surface area contributed by atoms with Crippen molar-refractivity contribution in [3.05, 3.63) is 12.3 Å². The van der Waals surface area contributed by atoms with Crippen molar-refractivity contribution in [1.29, 1.82) is 0 Å². The van der Waals surface area contributed by atoms with Gasteiger partial charge in [-0.15, -0.1) is 0 Å². The van der Waals surface area contributed by atoms with E-state index in [1.807, 2.05) is 13.0 Å². The van der Waals surface area contributed by atoms with E-state index in [0.29, 0.717) is 6.61 Å². The van der Waals surface area contributed by atoms with Crippen LogP contribution in [0.15, 0.2) is 12.3 Å². The Morgan fingerprint density at radius 3 is 2.67 bits per heavy atom. The molecule has 0 rings (SSSR count). The maximum absolute atomic E-state index is 5.32. The van der Waals surface area contributed by atoms with E-state index < -0.39 is 0 Å². The third-order valence-electron chi connectivity index (χ3n) is 1.47. The highest BCUT2D eigenvalue weighted by Gasteiger charge is 1.84. The fourth-order valence-corrected chi connectivity index (χ4v) is 0.809. The van der Waals surface area contributed by atoms with Gasteiger partial charge in [0.1, 0.15) is 0 Å². The predicted molar refractivity (Wildman–Crippen MR) is 51.1 cm³/mol. The highest BCUT2D eigenvalue weighted by molar-refractivity contribution is 4.72. The lowest BCUT2D eigenvalue weighted by Crippen LogP contribution is -1.94. The van der Waals surface area contributed by atoms with Gasteiger partial charge in [0, 0.05) is 6.61 Å². The molecule has 0 N–H and O–H groups in total. The Hall–Kier alpha value is -0.500. The fraction of sp³-hybridized carbons (Fsp3) is 0.800. The summed E-state index contributed by atoms with van der Waals surface area (Å²) in [4.78, 5) is 0. The van der Waals surface area contributed by atoms with Crippen LogP contribution >= 0.6 is 0 Å². The van der Waals surface area contributed by atoms with E-state index in [2.05, 4.69) is 6.92 Å². The maximum atomic E-state index is 5.32. The Kier molecular flexibility index (Phi) is 10.1. The predicted octanol–water partition coefficient (Wildman–Crippen LogP) is 2.74. The molecule has 0 aromatic rings. The van der Waals surface area contributed by atoms with Crippen molar-refractivity contribution in [3.8, 4) is 0 Å². The monoisotopic (exact) mass is 172 g/mol. The molecule has 72 valence electrons. The number of unbranched alkanes of at least 4 members (excludes halogenated alkanes) is 2. The summed E-state index contributed by atoms with van der Waals surface area (Å²) in [5.74, 6) is 0. The molecule has 0 atom stereocenters. The quantitative estimate of drug-likeness (QED) is 0.414. The van der Waals surface area contributed by atoms with Crippen LogP contribution in [0.5, 0.6) is 0 Å². The molecule has 0 amide bonds. The van der Waals surface area contributed by atoms with Gasteiger partial charge < -0.3 is 9.47 Å². The van der Waals surface area contributed by atoms with Crippen LogP contribution in [0.2, 0.25) is 0 Å². The van der Waals surface area contributed by atoms with Gasteiger partial charge in [0.2, 0.25) is 0 Å². The van der Waals surface area contributed by atoms with E-state index in [0.717, 1.165) is 13.2 Å². The molecular weight excluding hydrogens is 152 g/mol. The molecule has 2 nitrogen and oxygen atoms in total. The van der Waals surface area contributed by atoms with Gasteiger partial charge in [-0.1, -0.05) is 19.8 Å². The normalized spacial score (nSPS) is 10.8. The molecule has 0 aliphatic heterocycles. The molecule has 0 bridgehead atoms. The van der Waals surface area contributed by atoms with Crippen molar-refractivity contribution in [1.82, 2.24) is 0 Å². The molecule has 2 heteroatoms. The van der Waals surface area contributed by atoms with E-state index >= 15 is 0 Å². The molecule has 0 aliphatic rings. The SMILES string of the molecule is CCCCCOCC=COCC. The molecule has 0 fully saturated rings. The second kappa shape index (κ2) is 10.5. The number of hydrogen-bond donors (Lipinski definition) is 0. The lowest BCUT2D eigenvalue weighted by atomic mass is 10.3. The average Bonchev–Trinajstić information content (AvgIpc) is 2.10. The van der Waals surface area contributed by atoms with Crippen molar-refractivity contribution in [2.45, 2.75) is 33.1 Å². The molecule has 0 unspecified atom stereocenters. The summed E-state index contributed by atoms with van der Waals surface area (Å²) < 4.78 is 10.3. The zero-order valence-corrected chi connectivity index (χ0v) is 8.21. The zero-order chi connectivity index (χ0) is 9.07. The van der Waals surface area contributed by atoms with Crippen molar-refractivity contribution in [3.63, 3.8) is 0 Å². The Balaban J connectivity index is 2.90. The summed E-state index contributed by atoms with van der Waals surface area (Å²) in [6.45, 7) is 6.42. The van der Waals surface area contributed by atoms with Gasteiger partial charge >= 0.3 is 0 Å². The zero-order valence-electron chi connectivity index (χ0n) is 8.21. The largest absolute Gasteiger partial charge is 0.502 e. The standard InChI is InChI=1S/C10H20O2/c1-3-5-6-8-12-10-7-9-11-4-2/h7,9H,3-6,8,10H2,1-2H3. The summed E-state index contributed by atoms with van der Waals surface area (Å²) >= 11 is 0. The minimum absolute atomic E-state index is 0.670. The van der Waals surface area contributed by atoms with E-state index in [1.165, 1.54) is 19.3 Å². The highest BCUT2D eigenvalue weighted by Crippen LogP contribution is 1.93. The van der Waals surface area contributed by atoms with Crippen LogP contribution in [0, 0.1) is 0 Å². The van der Waals surface area contributed by atoms with Gasteiger partial charge in [-0.25, -0.2) is 0 Å². The van der Waals surface area contributed by atoms with Gasteiger partial charge in [0.05, 0.1) is 19.5 Å². The molecule has 0 radical (unpaired) electrons. The molecule has 0 spiro atoms. The summed E-state index contributed by atoms with van der Waals surface area (Å²) in [7, 11) is 0. The van der Waals surface area contributed by atoms with Gasteiger partial charge in [0.15, 0.2) is 0 Å². The summed E-state index contributed by atoms with van der Waals surface area (Å²) in [5.41, 5.74) is 0. The number of hydrogen-bond acceptors (Lipinski definition) is 2. The Morgan fingerprint density at radius 2 is 2.00 bits per heavy atom. The van der Waals surface area contributed by atoms with Gasteiger partial charge in [-0.05, 0) is 19.4 Å². The smallest absolute Gasteiger partial charge is 0.0845 e. The topological polar surface area (TPSA) is 18.5 Å². The van der Waals surface area contributed by atoms with Crippen LogP contribution in [0.25, 0.3) is 0 Å². The van der Waals surface area contributed by atoms with Crippen LogP contribution in [-0.4, -0.2) is 19.8 Å². The molecule has 0 aromatic heterocycles. The highest BCUT2D eigenvalue weighted by atomic mass is 16.5. The first-order valence-electron chi connectivity index (χ1n) is 4.76. The Bertz CT molecular complexity index is 100. The van der Waals surface area contributed by atoms with E-state index in [-0.39, 0.29) is 0 Å². The van der Waals surface area contributed by atoms with Crippen LogP contribution < -0.4 is 0 Å². The van der Waals surface area contributed by atoms with Crippen LogP contribution in [0.1, 0.15) is 33.1 Å². The lowest BCUT2D eigenvalue weighted by molar-refractivity contribution is 0.154. The van der Waals surface area contributed by atoms with Gasteiger partial charge in [0.25, 0.3) is 0 Å². The first kappa shape index (κ1) is 11.5. The molecule has 0 aliphatic carbocycles. The molecule has 0 heterocycles. The summed E-state index contributed by atoms with van der Waals surface area (Å²) in [5, 5.41) is 0. The Labute approximate surface area is 75.6 Å². The minimum atomic E-state index is 0.670. The maximum Gasteiger partial charge on any atom is 0.0845 e. The fourth-order valence-electron chi connectivity index (χ4n) is 0.809. The van der Waals surface area contributed by atoms with Gasteiger partial charge in [-0.2, -0.15) is 0 Å². The molecular formula is C10H20O2. The van der Waals surface area contributed by atoms with Crippen molar-refractivity contribution in [2.24, 2.45) is 0 Å². The van der Waals surface area contributed by atoms with Gasteiger partial charge in [-0.3, -0.25) is 0 Å². The second-order valence-corrected chi connectivity index (χ2v) is 2.61. The molecule has 0 saturated heterocycles. The average molecular weight is 172 g/mol. The lowest BCUT2D eigenvalue weighted by Gasteiger charge is -1.99. The second-order valence-electron chi connectivity index (χ2n) is 2.61. The van der Waals surface area contributed by atoms with Crippen LogP contribution in [-0.2, 0) is 9.47 Å². The van der Waals surface area contributed by atoms with Crippen molar-refractivity contribution < 1.29 is 9.47 Å². The molecule has 12 heavy (non-hydrogen) atoms. The number of ether oxygens (including phenoxy) is 2. The third-order valence-corrected chi connectivity index (χ3v) is 1.47. The van der Waals surface area contributed by atoms with Crippen LogP contribution in [0.3, 0.4) is 0 Å². The van der Waals surface area contributed by atoms with E-state index in [4.69, 9.17) is 9.47 Å². The first-order valence-corrected chi connectivity index (χ1v) is 4.76. The van der Waals surface area contributed by atoms with Crippen molar-refractivity contribution >= 4 is 0 Å². The van der Waals surface area contributed by atoms with Crippen LogP contribution in [0.4, 0.5) is 0 Å². The van der Waals surface area contributed by atoms with E-state index in [9.17, 15) is 0 Å². The van der Waals surface area contributed by atoms with E-state index in [1.54, 1.807) is 6.26 Å². The summed E-state index contributed by atoms with van der Waals surface area (Å²) in [6.07, 6.45) is 7.27. The Morgan fingerprint density at radius 1 is 1.17 bits per heavy atom. The number of rotatable bonds is 8. The first-order chi connectivity index (χ1) is 5.91. The summed E-state index contributed by atoms with van der Waals surface area (Å²) in [6, 6.07) is 0. The molecule has 0 aromatic carbocycles.